The Morgan fingerprint density at radius 3 is 2.62 bits per heavy atom. The molecular weight excluding hydrogens is 202 g/mol. The lowest BCUT2D eigenvalue weighted by atomic mass is 10.1. The molecule has 0 saturated heterocycles. The predicted molar refractivity (Wildman–Crippen MR) is 63.4 cm³/mol. The van der Waals surface area contributed by atoms with E-state index in [4.69, 9.17) is 4.42 Å². The zero-order valence-electron chi connectivity index (χ0n) is 10.3. The van der Waals surface area contributed by atoms with Gasteiger partial charge in [0.1, 0.15) is 11.5 Å². The fourth-order valence-electron chi connectivity index (χ4n) is 2.13. The lowest BCUT2D eigenvalue weighted by molar-refractivity contribution is 0.204. The molecule has 1 heterocycles. The van der Waals surface area contributed by atoms with Gasteiger partial charge in [-0.1, -0.05) is 0 Å². The standard InChI is InChI=1S/C13H21NO2/c1-9-6-12(11(3)16-9)10(2)14-7-13(8-15)4-5-13/h6,10,14-15H,4-5,7-8H2,1-3H3. The molecule has 0 bridgehead atoms. The zero-order chi connectivity index (χ0) is 11.8. The lowest BCUT2D eigenvalue weighted by Crippen LogP contribution is -2.28. The summed E-state index contributed by atoms with van der Waals surface area (Å²) in [6.07, 6.45) is 2.29. The Balaban J connectivity index is 1.93. The number of furan rings is 1. The van der Waals surface area contributed by atoms with E-state index >= 15 is 0 Å². The number of hydrogen-bond donors (Lipinski definition) is 2. The highest BCUT2D eigenvalue weighted by Crippen LogP contribution is 2.44. The SMILES string of the molecule is Cc1cc(C(C)NCC2(CO)CC2)c(C)o1. The van der Waals surface area contributed by atoms with Crippen molar-refractivity contribution in [2.45, 2.75) is 39.7 Å². The minimum atomic E-state index is 0.168. The minimum Gasteiger partial charge on any atom is -0.466 e. The van der Waals surface area contributed by atoms with Crippen LogP contribution in [0.4, 0.5) is 0 Å². The first-order chi connectivity index (χ1) is 7.56. The molecule has 90 valence electrons. The van der Waals surface area contributed by atoms with Crippen molar-refractivity contribution in [3.8, 4) is 0 Å². The second kappa shape index (κ2) is 4.22. The summed E-state index contributed by atoms with van der Waals surface area (Å²) in [6.45, 7) is 7.31. The molecule has 0 radical (unpaired) electrons. The van der Waals surface area contributed by atoms with Crippen molar-refractivity contribution in [1.29, 1.82) is 0 Å². The largest absolute Gasteiger partial charge is 0.466 e. The Hall–Kier alpha value is -0.800. The normalized spacial score (nSPS) is 19.8. The Morgan fingerprint density at radius 1 is 1.50 bits per heavy atom. The third-order valence-corrected chi connectivity index (χ3v) is 3.62. The minimum absolute atomic E-state index is 0.168. The number of nitrogens with one attached hydrogen (secondary N) is 1. The van der Waals surface area contributed by atoms with Crippen LogP contribution in [0.1, 0.15) is 42.9 Å². The van der Waals surface area contributed by atoms with Gasteiger partial charge in [-0.3, -0.25) is 0 Å². The fourth-order valence-corrected chi connectivity index (χ4v) is 2.13. The van der Waals surface area contributed by atoms with Gasteiger partial charge in [-0.05, 0) is 39.7 Å². The van der Waals surface area contributed by atoms with Crippen LogP contribution in [0.25, 0.3) is 0 Å². The van der Waals surface area contributed by atoms with E-state index in [9.17, 15) is 5.11 Å². The Kier molecular flexibility index (Phi) is 3.08. The van der Waals surface area contributed by atoms with Crippen LogP contribution in [-0.2, 0) is 0 Å². The van der Waals surface area contributed by atoms with E-state index in [1.54, 1.807) is 0 Å². The van der Waals surface area contributed by atoms with Crippen molar-refractivity contribution in [1.82, 2.24) is 5.32 Å². The molecule has 1 atom stereocenters. The average Bonchev–Trinajstić information content (AvgIpc) is 2.96. The highest BCUT2D eigenvalue weighted by molar-refractivity contribution is 5.23. The quantitative estimate of drug-likeness (QED) is 0.805. The third kappa shape index (κ3) is 2.30. The summed E-state index contributed by atoms with van der Waals surface area (Å²) in [5, 5.41) is 12.7. The van der Waals surface area contributed by atoms with Gasteiger partial charge in [-0.25, -0.2) is 0 Å². The maximum Gasteiger partial charge on any atom is 0.105 e. The molecule has 1 saturated carbocycles. The molecule has 1 fully saturated rings. The summed E-state index contributed by atoms with van der Waals surface area (Å²) < 4.78 is 5.52. The second-order valence-corrected chi connectivity index (χ2v) is 5.13. The smallest absolute Gasteiger partial charge is 0.105 e. The van der Waals surface area contributed by atoms with Gasteiger partial charge < -0.3 is 14.8 Å². The molecule has 1 aromatic rings. The highest BCUT2D eigenvalue weighted by Gasteiger charge is 2.41. The predicted octanol–water partition coefficient (Wildman–Crippen LogP) is 2.32. The first kappa shape index (κ1) is 11.7. The van der Waals surface area contributed by atoms with E-state index in [-0.39, 0.29) is 5.41 Å². The van der Waals surface area contributed by atoms with Crippen molar-refractivity contribution in [2.75, 3.05) is 13.2 Å². The van der Waals surface area contributed by atoms with Crippen molar-refractivity contribution in [2.24, 2.45) is 5.41 Å². The monoisotopic (exact) mass is 223 g/mol. The molecule has 1 aliphatic rings. The summed E-state index contributed by atoms with van der Waals surface area (Å²) in [5.74, 6) is 1.95. The first-order valence-electron chi connectivity index (χ1n) is 5.97. The third-order valence-electron chi connectivity index (χ3n) is 3.62. The topological polar surface area (TPSA) is 45.4 Å². The van der Waals surface area contributed by atoms with Gasteiger partial charge in [-0.2, -0.15) is 0 Å². The van der Waals surface area contributed by atoms with Gasteiger partial charge >= 0.3 is 0 Å². The van der Waals surface area contributed by atoms with Crippen LogP contribution >= 0.6 is 0 Å². The van der Waals surface area contributed by atoms with Gasteiger partial charge in [0.15, 0.2) is 0 Å². The van der Waals surface area contributed by atoms with Crippen LogP contribution in [0.15, 0.2) is 10.5 Å². The number of hydrogen-bond acceptors (Lipinski definition) is 3. The number of aliphatic hydroxyl groups excluding tert-OH is 1. The van der Waals surface area contributed by atoms with Gasteiger partial charge in [-0.15, -0.1) is 0 Å². The summed E-state index contributed by atoms with van der Waals surface area (Å²) in [5.41, 5.74) is 1.40. The van der Waals surface area contributed by atoms with E-state index in [1.807, 2.05) is 13.8 Å². The van der Waals surface area contributed by atoms with Crippen molar-refractivity contribution in [3.63, 3.8) is 0 Å². The molecule has 3 nitrogen and oxygen atoms in total. The maximum absolute atomic E-state index is 9.24. The average molecular weight is 223 g/mol. The van der Waals surface area contributed by atoms with Gasteiger partial charge in [0.05, 0.1) is 0 Å². The maximum atomic E-state index is 9.24. The van der Waals surface area contributed by atoms with Crippen molar-refractivity contribution < 1.29 is 9.52 Å². The summed E-state index contributed by atoms with van der Waals surface area (Å²) in [4.78, 5) is 0. The Morgan fingerprint density at radius 2 is 2.19 bits per heavy atom. The molecule has 1 aliphatic carbocycles. The molecule has 0 aliphatic heterocycles. The fraction of sp³-hybridized carbons (Fsp3) is 0.692. The van der Waals surface area contributed by atoms with Crippen LogP contribution in [0.5, 0.6) is 0 Å². The Labute approximate surface area is 96.8 Å². The summed E-state index contributed by atoms with van der Waals surface area (Å²) in [7, 11) is 0. The Bertz CT molecular complexity index is 366. The van der Waals surface area contributed by atoms with Crippen molar-refractivity contribution in [3.05, 3.63) is 23.2 Å². The van der Waals surface area contributed by atoms with E-state index in [1.165, 1.54) is 5.56 Å². The highest BCUT2D eigenvalue weighted by atomic mass is 16.3. The molecule has 2 N–H and O–H groups in total. The van der Waals surface area contributed by atoms with Gasteiger partial charge in [0.2, 0.25) is 0 Å². The lowest BCUT2D eigenvalue weighted by Gasteiger charge is -2.18. The number of rotatable bonds is 5. The van der Waals surface area contributed by atoms with Gasteiger partial charge in [0, 0.05) is 30.2 Å². The summed E-state index contributed by atoms with van der Waals surface area (Å²) in [6, 6.07) is 2.38. The molecule has 0 aromatic carbocycles. The molecule has 1 unspecified atom stereocenters. The molecule has 2 rings (SSSR count). The van der Waals surface area contributed by atoms with E-state index < -0.39 is 0 Å². The number of aliphatic hydroxyl groups is 1. The molecule has 1 aromatic heterocycles. The summed E-state index contributed by atoms with van der Waals surface area (Å²) >= 11 is 0. The molecule has 0 amide bonds. The van der Waals surface area contributed by atoms with Gasteiger partial charge in [0.25, 0.3) is 0 Å². The number of aryl methyl sites for hydroxylation is 2. The van der Waals surface area contributed by atoms with Crippen molar-refractivity contribution >= 4 is 0 Å². The van der Waals surface area contributed by atoms with Crippen LogP contribution in [0.2, 0.25) is 0 Å². The van der Waals surface area contributed by atoms with Crippen LogP contribution < -0.4 is 5.32 Å². The molecule has 16 heavy (non-hydrogen) atoms. The zero-order valence-corrected chi connectivity index (χ0v) is 10.3. The van der Waals surface area contributed by atoms with Crippen LogP contribution in [0.3, 0.4) is 0 Å². The van der Waals surface area contributed by atoms with Crippen LogP contribution in [0, 0.1) is 19.3 Å². The van der Waals surface area contributed by atoms with E-state index in [0.29, 0.717) is 12.6 Å². The second-order valence-electron chi connectivity index (χ2n) is 5.13. The van der Waals surface area contributed by atoms with Crippen LogP contribution in [-0.4, -0.2) is 18.3 Å². The first-order valence-corrected chi connectivity index (χ1v) is 5.97. The van der Waals surface area contributed by atoms with E-state index in [2.05, 4.69) is 18.3 Å². The molecular formula is C13H21NO2. The van der Waals surface area contributed by atoms with E-state index in [0.717, 1.165) is 30.9 Å². The molecule has 3 heteroatoms. The molecule has 0 spiro atoms.